The second-order valence-electron chi connectivity index (χ2n) is 8.05. The van der Waals surface area contributed by atoms with Crippen molar-refractivity contribution in [2.45, 2.75) is 49.7 Å². The van der Waals surface area contributed by atoms with E-state index in [1.165, 1.54) is 22.8 Å². The van der Waals surface area contributed by atoms with Crippen molar-refractivity contribution in [2.75, 3.05) is 6.67 Å². The number of halogens is 1. The number of aryl methyl sites for hydroxylation is 2. The van der Waals surface area contributed by atoms with Gasteiger partial charge in [0, 0.05) is 25.4 Å². The largest absolute Gasteiger partial charge is 0.331 e. The summed E-state index contributed by atoms with van der Waals surface area (Å²) < 4.78 is 45.3. The molecule has 0 aliphatic heterocycles. The Morgan fingerprint density at radius 1 is 1.23 bits per heavy atom. The Morgan fingerprint density at radius 2 is 1.97 bits per heavy atom. The van der Waals surface area contributed by atoms with Gasteiger partial charge in [0.25, 0.3) is 5.56 Å². The number of fused-ring (bicyclic) bond motifs is 1. The summed E-state index contributed by atoms with van der Waals surface area (Å²) in [6.45, 7) is 1.51. The molecule has 2 aromatic heterocycles. The average molecular weight is 450 g/mol. The molecule has 0 unspecified atom stereocenters. The second-order valence-corrected chi connectivity index (χ2v) is 9.73. The first-order chi connectivity index (χ1) is 14.7. The van der Waals surface area contributed by atoms with Crippen molar-refractivity contribution < 1.29 is 12.8 Å². The van der Waals surface area contributed by atoms with E-state index in [2.05, 4.69) is 9.82 Å². The number of rotatable bonds is 8. The van der Waals surface area contributed by atoms with Crippen LogP contribution < -0.4 is 16.0 Å². The first-order valence-electron chi connectivity index (χ1n) is 10.0. The fourth-order valence-corrected chi connectivity index (χ4v) is 5.11. The molecule has 1 aromatic carbocycles. The minimum atomic E-state index is -4.02. The molecule has 1 aliphatic carbocycles. The number of aromatic nitrogens is 4. The van der Waals surface area contributed by atoms with E-state index in [9.17, 15) is 22.4 Å². The van der Waals surface area contributed by atoms with Gasteiger partial charge in [-0.15, -0.1) is 0 Å². The molecule has 31 heavy (non-hydrogen) atoms. The van der Waals surface area contributed by atoms with Gasteiger partial charge in [0.05, 0.1) is 34.1 Å². The van der Waals surface area contributed by atoms with E-state index in [1.54, 1.807) is 24.1 Å². The van der Waals surface area contributed by atoms with E-state index in [0.29, 0.717) is 36.9 Å². The molecule has 4 rings (SSSR count). The molecule has 1 saturated carbocycles. The molecule has 1 fully saturated rings. The number of sulfonamides is 1. The van der Waals surface area contributed by atoms with Crippen molar-refractivity contribution >= 4 is 20.9 Å². The molecule has 1 N–H and O–H groups in total. The summed E-state index contributed by atoms with van der Waals surface area (Å²) in [4.78, 5) is 26.1. The van der Waals surface area contributed by atoms with Gasteiger partial charge in [-0.3, -0.25) is 18.6 Å². The van der Waals surface area contributed by atoms with Crippen LogP contribution in [0.2, 0.25) is 0 Å². The second kappa shape index (κ2) is 7.72. The molecule has 0 spiro atoms. The molecule has 2 heterocycles. The van der Waals surface area contributed by atoms with Gasteiger partial charge in [0.2, 0.25) is 10.0 Å². The molecule has 0 bridgehead atoms. The number of nitrogens with one attached hydrogen (secondary N) is 1. The Labute approximate surface area is 178 Å². The Bertz CT molecular complexity index is 1370. The molecule has 11 heteroatoms. The average Bonchev–Trinajstić information content (AvgIpc) is 3.38. The zero-order valence-electron chi connectivity index (χ0n) is 17.3. The highest BCUT2D eigenvalue weighted by Crippen LogP contribution is 2.37. The number of hydrogen-bond donors (Lipinski definition) is 1. The normalized spacial score (nSPS) is 15.5. The highest BCUT2D eigenvalue weighted by molar-refractivity contribution is 7.89. The lowest BCUT2D eigenvalue weighted by atomic mass is 10.2. The maximum Gasteiger partial charge on any atom is 0.331 e. The topological polar surface area (TPSA) is 108 Å². The van der Waals surface area contributed by atoms with Crippen LogP contribution >= 0.6 is 0 Å². The van der Waals surface area contributed by atoms with E-state index >= 15 is 0 Å². The van der Waals surface area contributed by atoms with Crippen LogP contribution in [0.5, 0.6) is 0 Å². The summed E-state index contributed by atoms with van der Waals surface area (Å²) in [6.07, 6.45) is 4.80. The third kappa shape index (κ3) is 3.94. The van der Waals surface area contributed by atoms with Gasteiger partial charge in [0.15, 0.2) is 0 Å². The first kappa shape index (κ1) is 21.4. The van der Waals surface area contributed by atoms with Crippen LogP contribution in [0.25, 0.3) is 10.9 Å². The zero-order valence-corrected chi connectivity index (χ0v) is 18.2. The maximum absolute atomic E-state index is 13.2. The fourth-order valence-electron chi connectivity index (χ4n) is 3.64. The van der Waals surface area contributed by atoms with Crippen molar-refractivity contribution in [3.8, 4) is 0 Å². The summed E-state index contributed by atoms with van der Waals surface area (Å²) in [6, 6.07) is 4.07. The Morgan fingerprint density at radius 3 is 2.55 bits per heavy atom. The molecule has 166 valence electrons. The van der Waals surface area contributed by atoms with Crippen LogP contribution in [-0.2, 0) is 30.2 Å². The van der Waals surface area contributed by atoms with Gasteiger partial charge in [-0.1, -0.05) is 6.92 Å². The van der Waals surface area contributed by atoms with Crippen LogP contribution in [0.3, 0.4) is 0 Å². The standard InChI is InChI=1S/C20H24FN5O4S/c1-3-8-25-17-5-4-15(31(29,30)23-20(13-21)6-7-20)9-16(17)18(27)26(19(25)28)12-14-10-22-24(2)11-14/h4-5,9-11,23H,3,6-8,12-13H2,1-2H3. The van der Waals surface area contributed by atoms with E-state index in [4.69, 9.17) is 0 Å². The molecular weight excluding hydrogens is 425 g/mol. The van der Waals surface area contributed by atoms with Crippen molar-refractivity contribution in [3.05, 3.63) is 57.0 Å². The highest BCUT2D eigenvalue weighted by atomic mass is 32.2. The predicted molar refractivity (Wildman–Crippen MR) is 113 cm³/mol. The SMILES string of the molecule is CCCn1c(=O)n(Cc2cnn(C)c2)c(=O)c2cc(S(=O)(=O)NC3(CF)CC3)ccc21. The molecule has 9 nitrogen and oxygen atoms in total. The number of benzene rings is 1. The van der Waals surface area contributed by atoms with Gasteiger partial charge in [0.1, 0.15) is 6.67 Å². The lowest BCUT2D eigenvalue weighted by Crippen LogP contribution is -2.41. The summed E-state index contributed by atoms with van der Waals surface area (Å²) >= 11 is 0. The Kier molecular flexibility index (Phi) is 5.34. The van der Waals surface area contributed by atoms with Gasteiger partial charge in [-0.25, -0.2) is 22.3 Å². The number of nitrogens with zero attached hydrogens (tertiary/aromatic N) is 4. The molecule has 1 aliphatic rings. The van der Waals surface area contributed by atoms with Gasteiger partial charge in [-0.2, -0.15) is 5.10 Å². The van der Waals surface area contributed by atoms with E-state index in [1.807, 2.05) is 6.92 Å². The molecular formula is C20H24FN5O4S. The zero-order chi connectivity index (χ0) is 22.4. The molecule has 0 radical (unpaired) electrons. The minimum Gasteiger partial charge on any atom is -0.293 e. The summed E-state index contributed by atoms with van der Waals surface area (Å²) in [7, 11) is -2.29. The maximum atomic E-state index is 13.2. The molecule has 3 aromatic rings. The predicted octanol–water partition coefficient (Wildman–Crippen LogP) is 1.14. The smallest absolute Gasteiger partial charge is 0.293 e. The third-order valence-corrected chi connectivity index (χ3v) is 7.09. The monoisotopic (exact) mass is 449 g/mol. The van der Waals surface area contributed by atoms with Crippen molar-refractivity contribution in [1.82, 2.24) is 23.6 Å². The lowest BCUT2D eigenvalue weighted by molar-refractivity contribution is 0.393. The number of alkyl halides is 1. The Balaban J connectivity index is 1.87. The van der Waals surface area contributed by atoms with Gasteiger partial charge >= 0.3 is 5.69 Å². The Hall–Kier alpha value is -2.79. The van der Waals surface area contributed by atoms with Crippen LogP contribution in [0.1, 0.15) is 31.7 Å². The van der Waals surface area contributed by atoms with E-state index in [0.717, 1.165) is 4.57 Å². The van der Waals surface area contributed by atoms with Crippen molar-refractivity contribution in [1.29, 1.82) is 0 Å². The lowest BCUT2D eigenvalue weighted by Gasteiger charge is -2.16. The van der Waals surface area contributed by atoms with E-state index < -0.39 is 33.5 Å². The van der Waals surface area contributed by atoms with E-state index in [-0.39, 0.29) is 16.8 Å². The molecule has 0 atom stereocenters. The minimum absolute atomic E-state index is 0.0192. The van der Waals surface area contributed by atoms with Gasteiger partial charge < -0.3 is 0 Å². The summed E-state index contributed by atoms with van der Waals surface area (Å²) in [5.41, 5.74) is -1.06. The van der Waals surface area contributed by atoms with Crippen LogP contribution in [0, 0.1) is 0 Å². The quantitative estimate of drug-likeness (QED) is 0.555. The molecule has 0 saturated heterocycles. The number of hydrogen-bond acceptors (Lipinski definition) is 5. The van der Waals surface area contributed by atoms with Gasteiger partial charge in [-0.05, 0) is 37.5 Å². The summed E-state index contributed by atoms with van der Waals surface area (Å²) in [5.74, 6) is 0. The molecule has 0 amide bonds. The highest BCUT2D eigenvalue weighted by Gasteiger charge is 2.46. The first-order valence-corrected chi connectivity index (χ1v) is 11.5. The van der Waals surface area contributed by atoms with Crippen LogP contribution in [0.4, 0.5) is 4.39 Å². The summed E-state index contributed by atoms with van der Waals surface area (Å²) in [5, 5.41) is 4.18. The van der Waals surface area contributed by atoms with Crippen LogP contribution in [0.15, 0.2) is 45.1 Å². The van der Waals surface area contributed by atoms with Crippen molar-refractivity contribution in [2.24, 2.45) is 7.05 Å². The van der Waals surface area contributed by atoms with Crippen LogP contribution in [-0.4, -0.2) is 39.5 Å². The van der Waals surface area contributed by atoms with Crippen molar-refractivity contribution in [3.63, 3.8) is 0 Å². The third-order valence-electron chi connectivity index (χ3n) is 5.51. The fraction of sp³-hybridized carbons (Fsp3) is 0.450.